The Labute approximate surface area is 145 Å². The minimum Gasteiger partial charge on any atom is -0.367 e. The number of nitrogens with one attached hydrogen (secondary N) is 1. The standard InChI is InChI=1S/C20H43NO2/c1-3-5-6-7-8-9-10-11-12-13-14-15-16-17-18-21-19-20(22)23-4-2/h20-22H,3-19H2,1-2H3. The van der Waals surface area contributed by atoms with Crippen LogP contribution in [0.3, 0.4) is 0 Å². The zero-order chi connectivity index (χ0) is 17.0. The van der Waals surface area contributed by atoms with E-state index in [1.54, 1.807) is 0 Å². The number of ether oxygens (including phenoxy) is 1. The summed E-state index contributed by atoms with van der Waals surface area (Å²) < 4.78 is 5.06. The smallest absolute Gasteiger partial charge is 0.167 e. The highest BCUT2D eigenvalue weighted by atomic mass is 16.6. The monoisotopic (exact) mass is 329 g/mol. The van der Waals surface area contributed by atoms with Gasteiger partial charge in [0.05, 0.1) is 0 Å². The van der Waals surface area contributed by atoms with Crippen LogP contribution in [0.2, 0.25) is 0 Å². The highest BCUT2D eigenvalue weighted by Gasteiger charge is 2.00. The molecule has 0 heterocycles. The molecule has 0 radical (unpaired) electrons. The summed E-state index contributed by atoms with van der Waals surface area (Å²) >= 11 is 0. The van der Waals surface area contributed by atoms with Crippen LogP contribution in [0.1, 0.15) is 104 Å². The zero-order valence-electron chi connectivity index (χ0n) is 16.0. The molecule has 3 nitrogen and oxygen atoms in total. The summed E-state index contributed by atoms with van der Waals surface area (Å²) in [6.07, 6.45) is 18.9. The van der Waals surface area contributed by atoms with Crippen LogP contribution in [-0.2, 0) is 4.74 Å². The van der Waals surface area contributed by atoms with Gasteiger partial charge in [-0.05, 0) is 19.9 Å². The SMILES string of the molecule is CCCCCCCCCCCCCCCCNCC(O)OCC. The third kappa shape index (κ3) is 19.8. The average Bonchev–Trinajstić information content (AvgIpc) is 2.54. The number of unbranched alkanes of at least 4 members (excludes halogenated alkanes) is 13. The molecular formula is C20H43NO2. The molecule has 0 aliphatic heterocycles. The van der Waals surface area contributed by atoms with Crippen molar-refractivity contribution in [3.63, 3.8) is 0 Å². The van der Waals surface area contributed by atoms with E-state index in [0.29, 0.717) is 13.2 Å². The van der Waals surface area contributed by atoms with E-state index in [2.05, 4.69) is 12.2 Å². The van der Waals surface area contributed by atoms with Crippen LogP contribution in [0.5, 0.6) is 0 Å². The summed E-state index contributed by atoms with van der Waals surface area (Å²) in [5.41, 5.74) is 0. The van der Waals surface area contributed by atoms with Gasteiger partial charge in [-0.25, -0.2) is 0 Å². The molecule has 23 heavy (non-hydrogen) atoms. The highest BCUT2D eigenvalue weighted by molar-refractivity contribution is 4.52. The summed E-state index contributed by atoms with van der Waals surface area (Å²) in [4.78, 5) is 0. The van der Waals surface area contributed by atoms with Gasteiger partial charge in [0, 0.05) is 13.2 Å². The Morgan fingerprint density at radius 1 is 0.696 bits per heavy atom. The summed E-state index contributed by atoms with van der Waals surface area (Å²) in [5.74, 6) is 0. The lowest BCUT2D eigenvalue weighted by Gasteiger charge is -2.11. The summed E-state index contributed by atoms with van der Waals surface area (Å²) in [6.45, 7) is 6.29. The van der Waals surface area contributed by atoms with Gasteiger partial charge >= 0.3 is 0 Å². The molecule has 140 valence electrons. The van der Waals surface area contributed by atoms with E-state index in [4.69, 9.17) is 4.74 Å². The van der Waals surface area contributed by atoms with Gasteiger partial charge in [0.15, 0.2) is 6.29 Å². The van der Waals surface area contributed by atoms with E-state index in [0.717, 1.165) is 6.54 Å². The second kappa shape index (κ2) is 19.9. The predicted octanol–water partition coefficient (Wildman–Crippen LogP) is 5.41. The lowest BCUT2D eigenvalue weighted by atomic mass is 10.0. The topological polar surface area (TPSA) is 41.5 Å². The summed E-state index contributed by atoms with van der Waals surface area (Å²) in [7, 11) is 0. The molecule has 1 atom stereocenters. The molecule has 3 heteroatoms. The molecule has 0 aromatic rings. The van der Waals surface area contributed by atoms with E-state index < -0.39 is 6.29 Å². The minimum absolute atomic E-state index is 0.548. The summed E-state index contributed by atoms with van der Waals surface area (Å²) in [5, 5.41) is 12.6. The molecule has 0 spiro atoms. The molecule has 0 saturated carbocycles. The Hall–Kier alpha value is -0.120. The molecule has 0 aromatic heterocycles. The first-order valence-corrected chi connectivity index (χ1v) is 10.3. The highest BCUT2D eigenvalue weighted by Crippen LogP contribution is 2.12. The molecule has 0 aromatic carbocycles. The molecule has 0 aliphatic carbocycles. The molecule has 0 bridgehead atoms. The molecule has 2 N–H and O–H groups in total. The Bertz CT molecular complexity index is 212. The fourth-order valence-corrected chi connectivity index (χ4v) is 2.92. The molecule has 1 unspecified atom stereocenters. The van der Waals surface area contributed by atoms with Gasteiger partial charge in [0.1, 0.15) is 0 Å². The first-order valence-electron chi connectivity index (χ1n) is 10.3. The van der Waals surface area contributed by atoms with Gasteiger partial charge in [0.2, 0.25) is 0 Å². The average molecular weight is 330 g/mol. The van der Waals surface area contributed by atoms with E-state index in [9.17, 15) is 5.11 Å². The normalized spacial score (nSPS) is 12.7. The van der Waals surface area contributed by atoms with Gasteiger partial charge in [-0.3, -0.25) is 0 Å². The quantitative estimate of drug-likeness (QED) is 0.246. The third-order valence-corrected chi connectivity index (χ3v) is 4.39. The van der Waals surface area contributed by atoms with E-state index in [-0.39, 0.29) is 0 Å². The maximum Gasteiger partial charge on any atom is 0.167 e. The first-order chi connectivity index (χ1) is 11.3. The number of hydrogen-bond donors (Lipinski definition) is 2. The van der Waals surface area contributed by atoms with Crippen LogP contribution in [-0.4, -0.2) is 31.1 Å². The van der Waals surface area contributed by atoms with Crippen LogP contribution in [0.15, 0.2) is 0 Å². The number of hydrogen-bond acceptors (Lipinski definition) is 3. The molecule has 0 saturated heterocycles. The van der Waals surface area contributed by atoms with Crippen molar-refractivity contribution < 1.29 is 9.84 Å². The second-order valence-corrected chi connectivity index (χ2v) is 6.71. The number of aliphatic hydroxyl groups excluding tert-OH is 1. The van der Waals surface area contributed by atoms with Crippen LogP contribution in [0.25, 0.3) is 0 Å². The minimum atomic E-state index is -0.647. The first kappa shape index (κ1) is 22.9. The molecular weight excluding hydrogens is 286 g/mol. The van der Waals surface area contributed by atoms with Gasteiger partial charge in [0.25, 0.3) is 0 Å². The van der Waals surface area contributed by atoms with Crippen LogP contribution in [0, 0.1) is 0 Å². The van der Waals surface area contributed by atoms with E-state index in [1.807, 2.05) is 6.92 Å². The van der Waals surface area contributed by atoms with Gasteiger partial charge in [-0.2, -0.15) is 0 Å². The Morgan fingerprint density at radius 2 is 1.13 bits per heavy atom. The van der Waals surface area contributed by atoms with Crippen molar-refractivity contribution in [2.75, 3.05) is 19.7 Å². The van der Waals surface area contributed by atoms with Gasteiger partial charge in [-0.1, -0.05) is 90.4 Å². The number of rotatable bonds is 19. The lowest BCUT2D eigenvalue weighted by Crippen LogP contribution is -2.29. The van der Waals surface area contributed by atoms with Crippen LogP contribution in [0.4, 0.5) is 0 Å². The molecule has 0 fully saturated rings. The van der Waals surface area contributed by atoms with Crippen molar-refractivity contribution in [1.29, 1.82) is 0 Å². The second-order valence-electron chi connectivity index (χ2n) is 6.71. The van der Waals surface area contributed by atoms with Crippen LogP contribution >= 0.6 is 0 Å². The molecule has 0 amide bonds. The van der Waals surface area contributed by atoms with E-state index in [1.165, 1.54) is 89.9 Å². The van der Waals surface area contributed by atoms with Crippen LogP contribution < -0.4 is 5.32 Å². The Morgan fingerprint density at radius 3 is 1.57 bits per heavy atom. The fraction of sp³-hybridized carbons (Fsp3) is 1.00. The van der Waals surface area contributed by atoms with Crippen molar-refractivity contribution in [3.8, 4) is 0 Å². The maximum atomic E-state index is 9.38. The Balaban J connectivity index is 3.00. The third-order valence-electron chi connectivity index (χ3n) is 4.39. The van der Waals surface area contributed by atoms with Crippen molar-refractivity contribution in [2.24, 2.45) is 0 Å². The lowest BCUT2D eigenvalue weighted by molar-refractivity contribution is -0.0912. The fourth-order valence-electron chi connectivity index (χ4n) is 2.92. The Kier molecular flexibility index (Phi) is 19.8. The largest absolute Gasteiger partial charge is 0.367 e. The number of aliphatic hydroxyl groups is 1. The van der Waals surface area contributed by atoms with Gasteiger partial charge in [-0.15, -0.1) is 0 Å². The molecule has 0 aliphatic rings. The van der Waals surface area contributed by atoms with Crippen molar-refractivity contribution in [3.05, 3.63) is 0 Å². The maximum absolute atomic E-state index is 9.38. The predicted molar refractivity (Wildman–Crippen MR) is 101 cm³/mol. The zero-order valence-corrected chi connectivity index (χ0v) is 16.0. The molecule has 0 rings (SSSR count). The van der Waals surface area contributed by atoms with Crippen molar-refractivity contribution >= 4 is 0 Å². The van der Waals surface area contributed by atoms with Gasteiger partial charge < -0.3 is 15.2 Å². The van der Waals surface area contributed by atoms with E-state index >= 15 is 0 Å². The van der Waals surface area contributed by atoms with Crippen molar-refractivity contribution in [1.82, 2.24) is 5.32 Å². The summed E-state index contributed by atoms with van der Waals surface area (Å²) in [6, 6.07) is 0. The van der Waals surface area contributed by atoms with Crippen molar-refractivity contribution in [2.45, 2.75) is 110 Å².